The number of hydrogen-bond donors (Lipinski definition) is 5. The van der Waals surface area contributed by atoms with Crippen molar-refractivity contribution >= 4 is 35.0 Å². The number of aromatic nitrogens is 2. The molecular formula is C23H23ClN6O3. The van der Waals surface area contributed by atoms with Gasteiger partial charge in [-0.1, -0.05) is 41.9 Å². The molecule has 0 unspecified atom stereocenters. The summed E-state index contributed by atoms with van der Waals surface area (Å²) in [6, 6.07) is 14.3. The lowest BCUT2D eigenvalue weighted by Gasteiger charge is -2.16. The molecule has 0 aliphatic rings. The quantitative estimate of drug-likeness (QED) is 0.337. The zero-order valence-corrected chi connectivity index (χ0v) is 18.5. The Balaban J connectivity index is 1.74. The summed E-state index contributed by atoms with van der Waals surface area (Å²) in [4.78, 5) is 44.3. The molecule has 33 heavy (non-hydrogen) atoms. The molecule has 10 heteroatoms. The number of allylic oxidation sites excluding steroid dienone is 1. The van der Waals surface area contributed by atoms with E-state index in [1.807, 2.05) is 41.4 Å². The van der Waals surface area contributed by atoms with Gasteiger partial charge in [-0.15, -0.1) is 0 Å². The largest absolute Gasteiger partial charge is 0.404 e. The van der Waals surface area contributed by atoms with Crippen LogP contribution in [0, 0.1) is 0 Å². The third kappa shape index (κ3) is 5.98. The first kappa shape index (κ1) is 23.6. The van der Waals surface area contributed by atoms with Crippen molar-refractivity contribution in [2.75, 3.05) is 5.73 Å². The molecule has 0 saturated heterocycles. The number of nitrogens with zero attached hydrogens (tertiary/aromatic N) is 1. The number of halogens is 1. The van der Waals surface area contributed by atoms with Gasteiger partial charge in [-0.05, 0) is 41.8 Å². The average Bonchev–Trinajstić information content (AvgIpc) is 2.80. The predicted molar refractivity (Wildman–Crippen MR) is 130 cm³/mol. The Morgan fingerprint density at radius 3 is 2.61 bits per heavy atom. The van der Waals surface area contributed by atoms with Crippen LogP contribution in [0.2, 0.25) is 5.02 Å². The number of aromatic amines is 2. The Labute approximate surface area is 194 Å². The first-order valence-electron chi connectivity index (χ1n) is 9.98. The molecule has 7 N–H and O–H groups in total. The van der Waals surface area contributed by atoms with Crippen LogP contribution in [0.3, 0.4) is 0 Å². The summed E-state index contributed by atoms with van der Waals surface area (Å²) < 4.78 is 0. The van der Waals surface area contributed by atoms with Crippen LogP contribution in [-0.4, -0.2) is 22.1 Å². The Hall–Kier alpha value is -4.11. The second-order valence-corrected chi connectivity index (χ2v) is 7.67. The molecule has 3 rings (SSSR count). The number of benzene rings is 2. The van der Waals surface area contributed by atoms with Crippen LogP contribution in [0.25, 0.3) is 5.57 Å². The Kier molecular flexibility index (Phi) is 7.47. The number of aliphatic imine (C=N–C) groups is 1. The normalized spacial score (nSPS) is 12.6. The lowest BCUT2D eigenvalue weighted by molar-refractivity contribution is 0.0935. The monoisotopic (exact) mass is 466 g/mol. The third-order valence-electron chi connectivity index (χ3n) is 4.87. The maximum Gasteiger partial charge on any atom is 0.326 e. The number of carbonyl (C=O) groups excluding carboxylic acids is 1. The highest BCUT2D eigenvalue weighted by atomic mass is 35.5. The maximum absolute atomic E-state index is 12.6. The fourth-order valence-corrected chi connectivity index (χ4v) is 3.19. The third-order valence-corrected chi connectivity index (χ3v) is 5.12. The zero-order valence-electron chi connectivity index (χ0n) is 17.8. The van der Waals surface area contributed by atoms with E-state index in [2.05, 4.69) is 15.3 Å². The van der Waals surface area contributed by atoms with Gasteiger partial charge in [0.25, 0.3) is 11.5 Å². The van der Waals surface area contributed by atoms with Gasteiger partial charge < -0.3 is 21.8 Å². The highest BCUT2D eigenvalue weighted by Gasteiger charge is 2.17. The molecule has 0 spiro atoms. The topological polar surface area (TPSA) is 159 Å². The minimum atomic E-state index is -0.825. The molecule has 170 valence electrons. The van der Waals surface area contributed by atoms with Gasteiger partial charge in [0.05, 0.1) is 12.6 Å². The second-order valence-electron chi connectivity index (χ2n) is 7.24. The van der Waals surface area contributed by atoms with Gasteiger partial charge in [-0.25, -0.2) is 4.79 Å². The van der Waals surface area contributed by atoms with Gasteiger partial charge >= 0.3 is 5.69 Å². The number of rotatable bonds is 7. The summed E-state index contributed by atoms with van der Waals surface area (Å²) in [6.07, 6.45) is 3.13. The van der Waals surface area contributed by atoms with E-state index < -0.39 is 23.2 Å². The van der Waals surface area contributed by atoms with Crippen LogP contribution in [0.4, 0.5) is 5.69 Å². The van der Waals surface area contributed by atoms with Crippen LogP contribution < -0.4 is 28.0 Å². The average molecular weight is 467 g/mol. The van der Waals surface area contributed by atoms with Gasteiger partial charge in [-0.2, -0.15) is 0 Å². The van der Waals surface area contributed by atoms with Crippen LogP contribution in [0.1, 0.15) is 40.1 Å². The summed E-state index contributed by atoms with van der Waals surface area (Å²) >= 11 is 5.90. The lowest BCUT2D eigenvalue weighted by Crippen LogP contribution is -2.34. The molecule has 1 aromatic heterocycles. The van der Waals surface area contributed by atoms with Crippen molar-refractivity contribution in [2.45, 2.75) is 19.5 Å². The van der Waals surface area contributed by atoms with E-state index >= 15 is 0 Å². The maximum atomic E-state index is 12.6. The van der Waals surface area contributed by atoms with Crippen molar-refractivity contribution in [1.29, 1.82) is 0 Å². The van der Waals surface area contributed by atoms with Crippen molar-refractivity contribution < 1.29 is 4.79 Å². The summed E-state index contributed by atoms with van der Waals surface area (Å²) in [6.45, 7) is 2.23. The van der Waals surface area contributed by atoms with E-state index in [9.17, 15) is 14.4 Å². The summed E-state index contributed by atoms with van der Waals surface area (Å²) in [5.41, 5.74) is 12.4. The number of nitrogens with two attached hydrogens (primary N) is 2. The van der Waals surface area contributed by atoms with Crippen molar-refractivity contribution in [2.24, 2.45) is 10.7 Å². The number of amides is 1. The Morgan fingerprint density at radius 2 is 1.91 bits per heavy atom. The highest BCUT2D eigenvalue weighted by molar-refractivity contribution is 6.30. The molecule has 2 aromatic carbocycles. The van der Waals surface area contributed by atoms with Gasteiger partial charge in [0.2, 0.25) is 0 Å². The second kappa shape index (κ2) is 10.5. The minimum Gasteiger partial charge on any atom is -0.404 e. The van der Waals surface area contributed by atoms with Crippen LogP contribution >= 0.6 is 11.6 Å². The molecule has 1 amide bonds. The summed E-state index contributed by atoms with van der Waals surface area (Å²) in [5.74, 6) is -0.673. The van der Waals surface area contributed by atoms with E-state index in [1.165, 1.54) is 6.20 Å². The van der Waals surface area contributed by atoms with Gasteiger partial charge in [0, 0.05) is 23.0 Å². The molecule has 1 heterocycles. The molecule has 0 bridgehead atoms. The van der Waals surface area contributed by atoms with Crippen LogP contribution in [0.5, 0.6) is 0 Å². The van der Waals surface area contributed by atoms with E-state index in [-0.39, 0.29) is 11.4 Å². The number of hydrogen-bond acceptors (Lipinski definition) is 6. The van der Waals surface area contributed by atoms with Gasteiger partial charge in [-0.3, -0.25) is 19.6 Å². The first-order valence-corrected chi connectivity index (χ1v) is 10.4. The van der Waals surface area contributed by atoms with Crippen molar-refractivity contribution in [3.63, 3.8) is 0 Å². The fourth-order valence-electron chi connectivity index (χ4n) is 3.07. The van der Waals surface area contributed by atoms with Gasteiger partial charge in [0.1, 0.15) is 11.4 Å². The molecule has 3 aromatic rings. The Morgan fingerprint density at radius 1 is 1.18 bits per heavy atom. The standard InChI is InChI=1S/C23H23ClN6O3/c1-13(28-22(32)20-19(26)21(31)30-23(33)29-20)15-3-2-4-16(9-15)17(10-25)12-27-11-14-5-7-18(24)8-6-14/h2-10,12-13H,11,25-26H2,1H3,(H,28,32)(H2,29,30,31,33)/b17-10+,27-12?/t13-/m1/s1. The minimum absolute atomic E-state index is 0.288. The molecule has 0 fully saturated rings. The fraction of sp³-hybridized carbons (Fsp3) is 0.130. The van der Waals surface area contributed by atoms with Crippen molar-refractivity contribution in [1.82, 2.24) is 15.3 Å². The molecule has 0 aliphatic heterocycles. The van der Waals surface area contributed by atoms with Crippen molar-refractivity contribution in [3.05, 3.63) is 103 Å². The number of carbonyl (C=O) groups is 1. The van der Waals surface area contributed by atoms with E-state index in [0.29, 0.717) is 17.1 Å². The summed E-state index contributed by atoms with van der Waals surface area (Å²) in [7, 11) is 0. The molecular weight excluding hydrogens is 444 g/mol. The lowest BCUT2D eigenvalue weighted by atomic mass is 10.0. The van der Waals surface area contributed by atoms with Crippen LogP contribution in [-0.2, 0) is 6.54 Å². The van der Waals surface area contributed by atoms with Gasteiger partial charge in [0.15, 0.2) is 0 Å². The Bertz CT molecular complexity index is 1330. The van der Waals surface area contributed by atoms with Crippen molar-refractivity contribution in [3.8, 4) is 0 Å². The first-order chi connectivity index (χ1) is 15.8. The van der Waals surface area contributed by atoms with E-state index in [0.717, 1.165) is 16.7 Å². The van der Waals surface area contributed by atoms with E-state index in [4.69, 9.17) is 23.1 Å². The number of anilines is 1. The molecule has 0 saturated carbocycles. The number of H-pyrrole nitrogens is 2. The molecule has 1 atom stereocenters. The highest BCUT2D eigenvalue weighted by Crippen LogP contribution is 2.20. The van der Waals surface area contributed by atoms with E-state index in [1.54, 1.807) is 25.3 Å². The zero-order chi connectivity index (χ0) is 24.0. The smallest absolute Gasteiger partial charge is 0.326 e. The SMILES string of the molecule is C[C@@H](NC(=O)c1[nH]c(=O)[nH]c(=O)c1N)c1cccc(/C(C=NCc2ccc(Cl)cc2)=C/N)c1. The summed E-state index contributed by atoms with van der Waals surface area (Å²) in [5, 5.41) is 3.39. The predicted octanol–water partition coefficient (Wildman–Crippen LogP) is 2.36. The molecule has 0 aliphatic carbocycles. The number of nitrogens with one attached hydrogen (secondary N) is 3. The molecule has 9 nitrogen and oxygen atoms in total. The number of nitrogen functional groups attached to an aromatic ring is 1. The van der Waals surface area contributed by atoms with Crippen LogP contribution in [0.15, 0.2) is 69.3 Å². The molecule has 0 radical (unpaired) electrons.